The Hall–Kier alpha value is -1.94. The smallest absolute Gasteiger partial charge is 0.178 e. The molecule has 3 rings (SSSR count). The van der Waals surface area contributed by atoms with Crippen molar-refractivity contribution in [3.63, 3.8) is 0 Å². The minimum absolute atomic E-state index is 0.169. The number of piperidine rings is 1. The first-order valence-electron chi connectivity index (χ1n) is 9.05. The molecular formula is C21H27FN2O. The van der Waals surface area contributed by atoms with Crippen LogP contribution in [0, 0.1) is 31.5 Å². The molecular weight excluding hydrogens is 315 g/mol. The summed E-state index contributed by atoms with van der Waals surface area (Å²) in [7, 11) is 0. The van der Waals surface area contributed by atoms with Crippen LogP contribution in [0.4, 0.5) is 4.39 Å². The van der Waals surface area contributed by atoms with Crippen molar-refractivity contribution in [1.29, 1.82) is 0 Å². The molecule has 0 amide bonds. The van der Waals surface area contributed by atoms with E-state index in [1.54, 1.807) is 12.1 Å². The lowest BCUT2D eigenvalue weighted by atomic mass is 9.91. The molecule has 4 heteroatoms. The Balaban J connectivity index is 1.82. The lowest BCUT2D eigenvalue weighted by molar-refractivity contribution is 0.0849. The summed E-state index contributed by atoms with van der Waals surface area (Å²) in [5.41, 5.74) is 3.57. The van der Waals surface area contributed by atoms with Crippen molar-refractivity contribution in [3.05, 3.63) is 53.1 Å². The maximum Gasteiger partial charge on any atom is 0.178 e. The van der Waals surface area contributed by atoms with Crippen LogP contribution in [0.2, 0.25) is 0 Å². The summed E-state index contributed by atoms with van der Waals surface area (Å²) in [5, 5.41) is 0. The molecule has 0 radical (unpaired) electrons. The Morgan fingerprint density at radius 2 is 1.72 bits per heavy atom. The van der Waals surface area contributed by atoms with Gasteiger partial charge in [-0.3, -0.25) is 9.69 Å². The summed E-state index contributed by atoms with van der Waals surface area (Å²) in [6, 6.07) is 8.35. The first kappa shape index (κ1) is 17.9. The van der Waals surface area contributed by atoms with E-state index in [2.05, 4.69) is 18.7 Å². The number of hydrogen-bond donors (Lipinski definition) is 0. The zero-order valence-corrected chi connectivity index (χ0v) is 15.6. The molecule has 1 fully saturated rings. The second-order valence-electron chi connectivity index (χ2n) is 7.66. The highest BCUT2D eigenvalue weighted by atomic mass is 19.1. The predicted molar refractivity (Wildman–Crippen MR) is 98.9 cm³/mol. The lowest BCUT2D eigenvalue weighted by Crippen LogP contribution is -2.41. The van der Waals surface area contributed by atoms with Gasteiger partial charge in [0.2, 0.25) is 0 Å². The Morgan fingerprint density at radius 3 is 2.32 bits per heavy atom. The summed E-state index contributed by atoms with van der Waals surface area (Å²) in [6.07, 6.45) is 1.24. The monoisotopic (exact) mass is 342 g/mol. The summed E-state index contributed by atoms with van der Waals surface area (Å²) < 4.78 is 15.2. The standard InChI is InChI=1S/C21H27FN2O/c1-14-9-15(2)12-23(11-14)13-21(25)20-10-16(3)24(17(20)4)19-7-5-18(22)6-8-19/h5-8,10,14-15H,9,11-13H2,1-4H3. The third kappa shape index (κ3) is 3.84. The topological polar surface area (TPSA) is 25.2 Å². The SMILES string of the molecule is Cc1cc(C(=O)CN2CC(C)CC(C)C2)c(C)n1-c1ccc(F)cc1. The summed E-state index contributed by atoms with van der Waals surface area (Å²) >= 11 is 0. The van der Waals surface area contributed by atoms with Gasteiger partial charge in [-0.1, -0.05) is 13.8 Å². The molecule has 0 aliphatic carbocycles. The van der Waals surface area contributed by atoms with Crippen molar-refractivity contribution in [2.24, 2.45) is 11.8 Å². The van der Waals surface area contributed by atoms with Crippen LogP contribution in [0.15, 0.2) is 30.3 Å². The Bertz CT molecular complexity index is 753. The van der Waals surface area contributed by atoms with Crippen molar-refractivity contribution < 1.29 is 9.18 Å². The van der Waals surface area contributed by atoms with E-state index in [-0.39, 0.29) is 11.6 Å². The Morgan fingerprint density at radius 1 is 1.12 bits per heavy atom. The van der Waals surface area contributed by atoms with Gasteiger partial charge >= 0.3 is 0 Å². The van der Waals surface area contributed by atoms with Gasteiger partial charge in [-0.15, -0.1) is 0 Å². The number of aryl methyl sites for hydroxylation is 1. The number of nitrogens with zero attached hydrogens (tertiary/aromatic N) is 2. The maximum atomic E-state index is 13.2. The highest BCUT2D eigenvalue weighted by Crippen LogP contribution is 2.24. The number of likely N-dealkylation sites (tertiary alicyclic amines) is 1. The molecule has 1 aliphatic rings. The number of rotatable bonds is 4. The predicted octanol–water partition coefficient (Wildman–Crippen LogP) is 4.39. The third-order valence-electron chi connectivity index (χ3n) is 5.13. The number of hydrogen-bond acceptors (Lipinski definition) is 2. The molecule has 2 heterocycles. The molecule has 1 saturated heterocycles. The maximum absolute atomic E-state index is 13.2. The van der Waals surface area contributed by atoms with Crippen molar-refractivity contribution >= 4 is 5.78 Å². The Labute approximate surface area is 149 Å². The second kappa shape index (κ2) is 7.12. The molecule has 0 bridgehead atoms. The van der Waals surface area contributed by atoms with Gasteiger partial charge in [0.1, 0.15) is 5.82 Å². The number of carbonyl (C=O) groups excluding carboxylic acids is 1. The zero-order chi connectivity index (χ0) is 18.1. The van der Waals surface area contributed by atoms with Gasteiger partial charge in [0.05, 0.1) is 6.54 Å². The molecule has 2 unspecified atom stereocenters. The highest BCUT2D eigenvalue weighted by Gasteiger charge is 2.25. The molecule has 0 N–H and O–H groups in total. The van der Waals surface area contributed by atoms with Crippen molar-refractivity contribution in [2.75, 3.05) is 19.6 Å². The van der Waals surface area contributed by atoms with Crippen LogP contribution < -0.4 is 0 Å². The number of ketones is 1. The van der Waals surface area contributed by atoms with Crippen LogP contribution in [-0.2, 0) is 0 Å². The van der Waals surface area contributed by atoms with E-state index in [0.717, 1.165) is 35.7 Å². The highest BCUT2D eigenvalue weighted by molar-refractivity contribution is 5.99. The second-order valence-corrected chi connectivity index (χ2v) is 7.66. The van der Waals surface area contributed by atoms with Crippen molar-refractivity contribution in [2.45, 2.75) is 34.1 Å². The number of benzene rings is 1. The molecule has 0 saturated carbocycles. The molecule has 1 aromatic heterocycles. The van der Waals surface area contributed by atoms with Gasteiger partial charge in [-0.2, -0.15) is 0 Å². The van der Waals surface area contributed by atoms with E-state index in [4.69, 9.17) is 0 Å². The number of aromatic nitrogens is 1. The van der Waals surface area contributed by atoms with Crippen molar-refractivity contribution in [3.8, 4) is 5.69 Å². The van der Waals surface area contributed by atoms with E-state index in [1.807, 2.05) is 24.5 Å². The van der Waals surface area contributed by atoms with Crippen LogP contribution >= 0.6 is 0 Å². The number of Topliss-reactive ketones (excluding diaryl/α,β-unsaturated/α-hetero) is 1. The average molecular weight is 342 g/mol. The summed E-state index contributed by atoms with van der Waals surface area (Å²) in [4.78, 5) is 15.2. The Kier molecular flexibility index (Phi) is 5.09. The van der Waals surface area contributed by atoms with Crippen LogP contribution in [-0.4, -0.2) is 34.9 Å². The quantitative estimate of drug-likeness (QED) is 0.770. The third-order valence-corrected chi connectivity index (χ3v) is 5.13. The summed E-state index contributed by atoms with van der Waals surface area (Å²) in [6.45, 7) is 10.9. The fourth-order valence-corrected chi connectivity index (χ4v) is 4.24. The van der Waals surface area contributed by atoms with E-state index < -0.39 is 0 Å². The minimum Gasteiger partial charge on any atom is -0.318 e. The first-order valence-corrected chi connectivity index (χ1v) is 9.05. The van der Waals surface area contributed by atoms with Gasteiger partial charge in [-0.25, -0.2) is 4.39 Å². The van der Waals surface area contributed by atoms with E-state index >= 15 is 0 Å². The van der Waals surface area contributed by atoms with E-state index in [0.29, 0.717) is 18.4 Å². The minimum atomic E-state index is -0.254. The van der Waals surface area contributed by atoms with Gasteiger partial charge in [-0.05, 0) is 62.4 Å². The van der Waals surface area contributed by atoms with Gasteiger partial charge < -0.3 is 4.57 Å². The van der Waals surface area contributed by atoms with Gasteiger partial charge in [0.25, 0.3) is 0 Å². The molecule has 1 aliphatic heterocycles. The fraction of sp³-hybridized carbons (Fsp3) is 0.476. The zero-order valence-electron chi connectivity index (χ0n) is 15.6. The molecule has 134 valence electrons. The molecule has 2 aromatic rings. The van der Waals surface area contributed by atoms with Gasteiger partial charge in [0, 0.05) is 35.7 Å². The lowest BCUT2D eigenvalue weighted by Gasteiger charge is -2.34. The normalized spacial score (nSPS) is 21.5. The van der Waals surface area contributed by atoms with Crippen LogP contribution in [0.5, 0.6) is 0 Å². The van der Waals surface area contributed by atoms with Crippen LogP contribution in [0.1, 0.15) is 42.0 Å². The summed E-state index contributed by atoms with van der Waals surface area (Å²) in [5.74, 6) is 1.20. The van der Waals surface area contributed by atoms with Crippen molar-refractivity contribution in [1.82, 2.24) is 9.47 Å². The van der Waals surface area contributed by atoms with Crippen LogP contribution in [0.25, 0.3) is 5.69 Å². The molecule has 0 spiro atoms. The fourth-order valence-electron chi connectivity index (χ4n) is 4.24. The van der Waals surface area contributed by atoms with E-state index in [1.165, 1.54) is 18.6 Å². The largest absolute Gasteiger partial charge is 0.318 e. The van der Waals surface area contributed by atoms with E-state index in [9.17, 15) is 9.18 Å². The molecule has 25 heavy (non-hydrogen) atoms. The first-order chi connectivity index (χ1) is 11.8. The number of carbonyl (C=O) groups is 1. The molecule has 1 aromatic carbocycles. The number of halogens is 1. The van der Waals surface area contributed by atoms with Crippen LogP contribution in [0.3, 0.4) is 0 Å². The average Bonchev–Trinajstić information content (AvgIpc) is 2.82. The van der Waals surface area contributed by atoms with Gasteiger partial charge in [0.15, 0.2) is 5.78 Å². The molecule has 2 atom stereocenters. The molecule has 3 nitrogen and oxygen atoms in total.